The number of hydrogen-bond donors (Lipinski definition) is 1. The average Bonchev–Trinajstić information content (AvgIpc) is 2.66. The maximum absolute atomic E-state index is 12.7. The van der Waals surface area contributed by atoms with Gasteiger partial charge < -0.3 is 15.0 Å². The molecule has 0 bridgehead atoms. The molecule has 0 spiro atoms. The van der Waals surface area contributed by atoms with Crippen molar-refractivity contribution in [1.29, 1.82) is 0 Å². The summed E-state index contributed by atoms with van der Waals surface area (Å²) in [5.41, 5.74) is -0.00788. The molecule has 1 heterocycles. The number of halogens is 1. The highest BCUT2D eigenvalue weighted by Gasteiger charge is 2.31. The first kappa shape index (κ1) is 23.2. The van der Waals surface area contributed by atoms with Crippen LogP contribution in [0.1, 0.15) is 63.7 Å². The summed E-state index contributed by atoms with van der Waals surface area (Å²) in [5.74, 6) is -0.819. The standard InChI is InChI=1S/C22H31ClN2O4/c1-5-6-18(21(28)29-22(2,3)4)24-19(26)15-11-13-25(14-12-15)20(27)16-7-9-17(23)10-8-16/h7-10,15,18H,5-6,11-14H2,1-4H3,(H,24,26)/t18-/m1/s1. The first-order chi connectivity index (χ1) is 13.6. The summed E-state index contributed by atoms with van der Waals surface area (Å²) in [5, 5.41) is 3.45. The smallest absolute Gasteiger partial charge is 0.329 e. The molecule has 29 heavy (non-hydrogen) atoms. The number of nitrogens with zero attached hydrogens (tertiary/aromatic N) is 1. The van der Waals surface area contributed by atoms with Crippen LogP contribution in [0.15, 0.2) is 24.3 Å². The van der Waals surface area contributed by atoms with Crippen molar-refractivity contribution in [2.24, 2.45) is 5.92 Å². The second kappa shape index (κ2) is 10.1. The van der Waals surface area contributed by atoms with Crippen LogP contribution in [0.4, 0.5) is 0 Å². The van der Waals surface area contributed by atoms with E-state index in [1.807, 2.05) is 27.7 Å². The van der Waals surface area contributed by atoms with E-state index in [2.05, 4.69) is 5.32 Å². The summed E-state index contributed by atoms with van der Waals surface area (Å²) < 4.78 is 5.43. The van der Waals surface area contributed by atoms with Crippen molar-refractivity contribution in [3.05, 3.63) is 34.9 Å². The monoisotopic (exact) mass is 422 g/mol. The largest absolute Gasteiger partial charge is 0.458 e. The molecule has 0 radical (unpaired) electrons. The number of nitrogens with one attached hydrogen (secondary N) is 1. The molecule has 6 nitrogen and oxygen atoms in total. The van der Waals surface area contributed by atoms with Crippen LogP contribution in [0.3, 0.4) is 0 Å². The van der Waals surface area contributed by atoms with Crippen molar-refractivity contribution < 1.29 is 19.1 Å². The Morgan fingerprint density at radius 1 is 1.17 bits per heavy atom. The fraction of sp³-hybridized carbons (Fsp3) is 0.591. The van der Waals surface area contributed by atoms with Gasteiger partial charge in [-0.05, 0) is 64.3 Å². The summed E-state index contributed by atoms with van der Waals surface area (Å²) >= 11 is 5.88. The van der Waals surface area contributed by atoms with Crippen molar-refractivity contribution >= 4 is 29.4 Å². The molecular formula is C22H31ClN2O4. The Hall–Kier alpha value is -2.08. The minimum Gasteiger partial charge on any atom is -0.458 e. The van der Waals surface area contributed by atoms with Gasteiger partial charge in [0.15, 0.2) is 0 Å². The van der Waals surface area contributed by atoms with Gasteiger partial charge in [-0.2, -0.15) is 0 Å². The molecule has 0 aromatic heterocycles. The Bertz CT molecular complexity index is 719. The van der Waals surface area contributed by atoms with Crippen LogP contribution in [-0.2, 0) is 14.3 Å². The van der Waals surface area contributed by atoms with Gasteiger partial charge in [-0.1, -0.05) is 24.9 Å². The van der Waals surface area contributed by atoms with E-state index in [1.165, 1.54) is 0 Å². The maximum atomic E-state index is 12.7. The zero-order chi connectivity index (χ0) is 21.6. The first-order valence-electron chi connectivity index (χ1n) is 10.2. The molecule has 0 aliphatic carbocycles. The zero-order valence-electron chi connectivity index (χ0n) is 17.7. The fourth-order valence-corrected chi connectivity index (χ4v) is 3.45. The van der Waals surface area contributed by atoms with Gasteiger partial charge in [-0.25, -0.2) is 4.79 Å². The van der Waals surface area contributed by atoms with Crippen LogP contribution in [0.25, 0.3) is 0 Å². The SMILES string of the molecule is CCC[C@@H](NC(=O)C1CCN(C(=O)c2ccc(Cl)cc2)CC1)C(=O)OC(C)(C)C. The quantitative estimate of drug-likeness (QED) is 0.707. The predicted molar refractivity (Wildman–Crippen MR) is 113 cm³/mol. The number of carbonyl (C=O) groups is 3. The molecule has 1 aliphatic heterocycles. The lowest BCUT2D eigenvalue weighted by atomic mass is 9.94. The summed E-state index contributed by atoms with van der Waals surface area (Å²) in [7, 11) is 0. The Balaban J connectivity index is 1.90. The van der Waals surface area contributed by atoms with E-state index < -0.39 is 17.6 Å². The van der Waals surface area contributed by atoms with E-state index in [1.54, 1.807) is 29.2 Å². The van der Waals surface area contributed by atoms with Crippen LogP contribution in [-0.4, -0.2) is 47.4 Å². The second-order valence-corrected chi connectivity index (χ2v) is 8.89. The van der Waals surface area contributed by atoms with Gasteiger partial charge in [0.05, 0.1) is 0 Å². The average molecular weight is 423 g/mol. The van der Waals surface area contributed by atoms with E-state index in [9.17, 15) is 14.4 Å². The van der Waals surface area contributed by atoms with Gasteiger partial charge in [0.25, 0.3) is 5.91 Å². The second-order valence-electron chi connectivity index (χ2n) is 8.46. The lowest BCUT2D eigenvalue weighted by Gasteiger charge is -2.32. The maximum Gasteiger partial charge on any atom is 0.329 e. The third-order valence-electron chi connectivity index (χ3n) is 4.83. The van der Waals surface area contributed by atoms with Crippen LogP contribution >= 0.6 is 11.6 Å². The molecule has 2 rings (SSSR count). The third-order valence-corrected chi connectivity index (χ3v) is 5.08. The number of rotatable bonds is 6. The van der Waals surface area contributed by atoms with Gasteiger partial charge in [-0.3, -0.25) is 9.59 Å². The summed E-state index contributed by atoms with van der Waals surface area (Å²) in [6.07, 6.45) is 2.43. The highest BCUT2D eigenvalue weighted by Crippen LogP contribution is 2.21. The van der Waals surface area contributed by atoms with E-state index in [-0.39, 0.29) is 17.7 Å². The van der Waals surface area contributed by atoms with Crippen LogP contribution in [0, 0.1) is 5.92 Å². The number of hydrogen-bond acceptors (Lipinski definition) is 4. The van der Waals surface area contributed by atoms with Crippen molar-refractivity contribution in [2.45, 2.75) is 65.0 Å². The number of benzene rings is 1. The minimum atomic E-state index is -0.638. The first-order valence-corrected chi connectivity index (χ1v) is 10.6. The molecule has 1 atom stereocenters. The molecule has 0 saturated carbocycles. The van der Waals surface area contributed by atoms with Crippen LogP contribution in [0.2, 0.25) is 5.02 Å². The number of esters is 1. The topological polar surface area (TPSA) is 75.7 Å². The number of likely N-dealkylation sites (tertiary alicyclic amines) is 1. The molecule has 1 N–H and O–H groups in total. The van der Waals surface area contributed by atoms with E-state index in [4.69, 9.17) is 16.3 Å². The van der Waals surface area contributed by atoms with Crippen LogP contribution in [0.5, 0.6) is 0 Å². The number of carbonyl (C=O) groups excluding carboxylic acids is 3. The summed E-state index contributed by atoms with van der Waals surface area (Å²) in [4.78, 5) is 39.4. The predicted octanol–water partition coefficient (Wildman–Crippen LogP) is 3.82. The van der Waals surface area contributed by atoms with E-state index in [0.717, 1.165) is 6.42 Å². The minimum absolute atomic E-state index is 0.0573. The summed E-state index contributed by atoms with van der Waals surface area (Å²) in [6, 6.07) is 6.17. The van der Waals surface area contributed by atoms with Gasteiger partial charge in [0.1, 0.15) is 11.6 Å². The van der Waals surface area contributed by atoms with Gasteiger partial charge in [0.2, 0.25) is 5.91 Å². The van der Waals surface area contributed by atoms with Crippen LogP contribution < -0.4 is 5.32 Å². The van der Waals surface area contributed by atoms with Crippen molar-refractivity contribution in [3.8, 4) is 0 Å². The number of amides is 2. The Labute approximate surface area is 177 Å². The third kappa shape index (κ3) is 7.03. The lowest BCUT2D eigenvalue weighted by Crippen LogP contribution is -2.48. The number of ether oxygens (including phenoxy) is 1. The van der Waals surface area contributed by atoms with Crippen molar-refractivity contribution in [1.82, 2.24) is 10.2 Å². The molecule has 1 aromatic carbocycles. The molecule has 1 aliphatic rings. The molecular weight excluding hydrogens is 392 g/mol. The van der Waals surface area contributed by atoms with E-state index >= 15 is 0 Å². The molecule has 0 unspecified atom stereocenters. The molecule has 1 aromatic rings. The molecule has 160 valence electrons. The Kier molecular flexibility index (Phi) is 8.08. The number of piperidine rings is 1. The van der Waals surface area contributed by atoms with Gasteiger partial charge in [-0.15, -0.1) is 0 Å². The normalized spacial score (nSPS) is 16.2. The highest BCUT2D eigenvalue weighted by atomic mass is 35.5. The Morgan fingerprint density at radius 2 is 1.76 bits per heavy atom. The van der Waals surface area contributed by atoms with Crippen molar-refractivity contribution in [2.75, 3.05) is 13.1 Å². The summed E-state index contributed by atoms with van der Waals surface area (Å²) in [6.45, 7) is 8.40. The molecule has 2 amide bonds. The van der Waals surface area contributed by atoms with E-state index in [0.29, 0.717) is 42.9 Å². The molecule has 7 heteroatoms. The Morgan fingerprint density at radius 3 is 2.28 bits per heavy atom. The lowest BCUT2D eigenvalue weighted by molar-refractivity contribution is -0.159. The fourth-order valence-electron chi connectivity index (χ4n) is 3.32. The zero-order valence-corrected chi connectivity index (χ0v) is 18.4. The van der Waals surface area contributed by atoms with Crippen molar-refractivity contribution in [3.63, 3.8) is 0 Å². The molecule has 1 fully saturated rings. The van der Waals surface area contributed by atoms with Gasteiger partial charge in [0, 0.05) is 29.6 Å². The highest BCUT2D eigenvalue weighted by molar-refractivity contribution is 6.30. The molecule has 1 saturated heterocycles. The van der Waals surface area contributed by atoms with Gasteiger partial charge >= 0.3 is 5.97 Å².